The van der Waals surface area contributed by atoms with Gasteiger partial charge in [-0.25, -0.2) is 0 Å². The topological polar surface area (TPSA) is 83.6 Å². The molecule has 2 rings (SSSR count). The van der Waals surface area contributed by atoms with Crippen molar-refractivity contribution in [2.75, 3.05) is 13.1 Å². The Balaban J connectivity index is 2.12. The van der Waals surface area contributed by atoms with E-state index in [-0.39, 0.29) is 23.5 Å². The predicted octanol–water partition coefficient (Wildman–Crippen LogP) is 0.648. The average molecular weight is 248 g/mol. The van der Waals surface area contributed by atoms with Crippen LogP contribution < -0.4 is 5.73 Å². The van der Waals surface area contributed by atoms with Crippen LogP contribution in [0.1, 0.15) is 22.3 Å². The molecular weight excluding hydrogens is 232 g/mol. The number of nitrogens with two attached hydrogens (primary N) is 1. The van der Waals surface area contributed by atoms with Gasteiger partial charge in [0.25, 0.3) is 5.91 Å². The lowest BCUT2D eigenvalue weighted by molar-refractivity contribution is -0.121. The van der Waals surface area contributed by atoms with Crippen molar-refractivity contribution in [1.29, 1.82) is 0 Å². The van der Waals surface area contributed by atoms with E-state index in [9.17, 15) is 14.7 Å². The van der Waals surface area contributed by atoms with E-state index in [0.29, 0.717) is 30.6 Å². The van der Waals surface area contributed by atoms with Crippen LogP contribution in [0.2, 0.25) is 0 Å². The molecule has 5 nitrogen and oxygen atoms in total. The van der Waals surface area contributed by atoms with Gasteiger partial charge in [-0.2, -0.15) is 0 Å². The fourth-order valence-electron chi connectivity index (χ4n) is 2.15. The normalized spacial score (nSPS) is 18.9. The van der Waals surface area contributed by atoms with Crippen molar-refractivity contribution in [1.82, 2.24) is 4.90 Å². The molecule has 96 valence electrons. The van der Waals surface area contributed by atoms with Crippen LogP contribution >= 0.6 is 0 Å². The molecule has 0 aliphatic carbocycles. The summed E-state index contributed by atoms with van der Waals surface area (Å²) in [7, 11) is 0. The second-order valence-corrected chi connectivity index (χ2v) is 4.64. The summed E-state index contributed by atoms with van der Waals surface area (Å²) in [5, 5.41) is 9.42. The Morgan fingerprint density at radius 2 is 2.17 bits per heavy atom. The number of rotatable bonds is 2. The number of phenolic OH excluding ortho intramolecular Hbond substituents is 1. The van der Waals surface area contributed by atoms with E-state index in [2.05, 4.69) is 0 Å². The number of aromatic hydroxyl groups is 1. The monoisotopic (exact) mass is 248 g/mol. The fraction of sp³-hybridized carbons (Fsp3) is 0.385. The maximum absolute atomic E-state index is 12.2. The summed E-state index contributed by atoms with van der Waals surface area (Å²) >= 11 is 0. The number of likely N-dealkylation sites (tertiary alicyclic amines) is 1. The molecule has 1 aliphatic rings. The molecule has 1 saturated heterocycles. The standard InChI is InChI=1S/C13H16N2O3/c1-8-6-9(2-3-11(8)16)13(18)15-5-4-10(7-15)12(14)17/h2-3,6,10,16H,4-5,7H2,1H3,(H2,14,17). The van der Waals surface area contributed by atoms with Crippen LogP contribution in [0, 0.1) is 12.8 Å². The zero-order chi connectivity index (χ0) is 13.3. The van der Waals surface area contributed by atoms with Crippen LogP contribution in [0.4, 0.5) is 0 Å². The van der Waals surface area contributed by atoms with E-state index >= 15 is 0 Å². The van der Waals surface area contributed by atoms with Gasteiger partial charge in [0.2, 0.25) is 5.91 Å². The minimum atomic E-state index is -0.354. The van der Waals surface area contributed by atoms with Gasteiger partial charge in [-0.3, -0.25) is 9.59 Å². The number of hydrogen-bond acceptors (Lipinski definition) is 3. The van der Waals surface area contributed by atoms with E-state index in [4.69, 9.17) is 5.73 Å². The number of amides is 2. The lowest BCUT2D eigenvalue weighted by Crippen LogP contribution is -2.31. The van der Waals surface area contributed by atoms with Crippen LogP contribution in [-0.2, 0) is 4.79 Å². The van der Waals surface area contributed by atoms with Crippen LogP contribution in [0.3, 0.4) is 0 Å². The van der Waals surface area contributed by atoms with Crippen molar-refractivity contribution < 1.29 is 14.7 Å². The highest BCUT2D eigenvalue weighted by atomic mass is 16.3. The maximum Gasteiger partial charge on any atom is 0.253 e. The van der Waals surface area contributed by atoms with Gasteiger partial charge >= 0.3 is 0 Å². The van der Waals surface area contributed by atoms with Gasteiger partial charge < -0.3 is 15.7 Å². The highest BCUT2D eigenvalue weighted by molar-refractivity contribution is 5.95. The third-order valence-electron chi connectivity index (χ3n) is 3.32. The summed E-state index contributed by atoms with van der Waals surface area (Å²) in [6.07, 6.45) is 0.623. The smallest absolute Gasteiger partial charge is 0.253 e. The molecule has 0 saturated carbocycles. The highest BCUT2D eigenvalue weighted by Crippen LogP contribution is 2.21. The average Bonchev–Trinajstić information content (AvgIpc) is 2.81. The predicted molar refractivity (Wildman–Crippen MR) is 66.0 cm³/mol. The lowest BCUT2D eigenvalue weighted by Gasteiger charge is -2.16. The van der Waals surface area contributed by atoms with Crippen LogP contribution in [0.5, 0.6) is 5.75 Å². The van der Waals surface area contributed by atoms with Crippen molar-refractivity contribution in [2.45, 2.75) is 13.3 Å². The lowest BCUT2D eigenvalue weighted by atomic mass is 10.1. The molecule has 1 aromatic rings. The van der Waals surface area contributed by atoms with Gasteiger partial charge in [-0.15, -0.1) is 0 Å². The number of nitrogens with zero attached hydrogens (tertiary/aromatic N) is 1. The maximum atomic E-state index is 12.2. The molecule has 1 heterocycles. The third kappa shape index (κ3) is 2.30. The number of benzene rings is 1. The van der Waals surface area contributed by atoms with Crippen molar-refractivity contribution in [3.05, 3.63) is 29.3 Å². The number of aryl methyl sites for hydroxylation is 1. The third-order valence-corrected chi connectivity index (χ3v) is 3.32. The Morgan fingerprint density at radius 3 is 2.72 bits per heavy atom. The van der Waals surface area contributed by atoms with Crippen molar-refractivity contribution in [3.8, 4) is 5.75 Å². The number of primary amides is 1. The molecule has 18 heavy (non-hydrogen) atoms. The van der Waals surface area contributed by atoms with E-state index in [1.807, 2.05) is 0 Å². The summed E-state index contributed by atoms with van der Waals surface area (Å²) in [6.45, 7) is 2.67. The largest absolute Gasteiger partial charge is 0.508 e. The van der Waals surface area contributed by atoms with Gasteiger partial charge in [-0.05, 0) is 37.1 Å². The molecular formula is C13H16N2O3. The molecule has 5 heteroatoms. The molecule has 1 aromatic carbocycles. The van der Waals surface area contributed by atoms with Crippen molar-refractivity contribution in [2.24, 2.45) is 11.7 Å². The molecule has 3 N–H and O–H groups in total. The molecule has 1 fully saturated rings. The Hall–Kier alpha value is -2.04. The van der Waals surface area contributed by atoms with Crippen molar-refractivity contribution >= 4 is 11.8 Å². The molecule has 1 atom stereocenters. The molecule has 0 radical (unpaired) electrons. The summed E-state index contributed by atoms with van der Waals surface area (Å²) in [5.74, 6) is -0.552. The van der Waals surface area contributed by atoms with E-state index in [1.165, 1.54) is 6.07 Å². The summed E-state index contributed by atoms with van der Waals surface area (Å²) < 4.78 is 0. The van der Waals surface area contributed by atoms with E-state index in [1.54, 1.807) is 24.0 Å². The van der Waals surface area contributed by atoms with Crippen LogP contribution in [0.25, 0.3) is 0 Å². The molecule has 1 unspecified atom stereocenters. The number of carbonyl (C=O) groups is 2. The Labute approximate surface area is 105 Å². The van der Waals surface area contributed by atoms with Crippen LogP contribution in [-0.4, -0.2) is 34.9 Å². The first kappa shape index (κ1) is 12.4. The first-order chi connectivity index (χ1) is 8.49. The zero-order valence-corrected chi connectivity index (χ0v) is 10.2. The first-order valence-electron chi connectivity index (χ1n) is 5.87. The number of phenols is 1. The fourth-order valence-corrected chi connectivity index (χ4v) is 2.15. The summed E-state index contributed by atoms with van der Waals surface area (Å²) in [5.41, 5.74) is 6.42. The summed E-state index contributed by atoms with van der Waals surface area (Å²) in [6, 6.07) is 4.74. The molecule has 1 aliphatic heterocycles. The van der Waals surface area contributed by atoms with E-state index < -0.39 is 0 Å². The van der Waals surface area contributed by atoms with Gasteiger partial charge in [0.05, 0.1) is 5.92 Å². The molecule has 0 aromatic heterocycles. The van der Waals surface area contributed by atoms with Gasteiger partial charge in [0.15, 0.2) is 0 Å². The van der Waals surface area contributed by atoms with Crippen LogP contribution in [0.15, 0.2) is 18.2 Å². The quantitative estimate of drug-likeness (QED) is 0.806. The van der Waals surface area contributed by atoms with Crippen molar-refractivity contribution in [3.63, 3.8) is 0 Å². The molecule has 0 bridgehead atoms. The Bertz CT molecular complexity index is 499. The first-order valence-corrected chi connectivity index (χ1v) is 5.87. The number of hydrogen-bond donors (Lipinski definition) is 2. The minimum Gasteiger partial charge on any atom is -0.508 e. The highest BCUT2D eigenvalue weighted by Gasteiger charge is 2.30. The molecule has 0 spiro atoms. The Kier molecular flexibility index (Phi) is 3.23. The second kappa shape index (κ2) is 4.68. The number of carbonyl (C=O) groups excluding carboxylic acids is 2. The van der Waals surface area contributed by atoms with Gasteiger partial charge in [0, 0.05) is 18.7 Å². The summed E-state index contributed by atoms with van der Waals surface area (Å²) in [4.78, 5) is 24.9. The van der Waals surface area contributed by atoms with Gasteiger partial charge in [-0.1, -0.05) is 0 Å². The SMILES string of the molecule is Cc1cc(C(=O)N2CCC(C(N)=O)C2)ccc1O. The Morgan fingerprint density at radius 1 is 1.44 bits per heavy atom. The molecule has 2 amide bonds. The second-order valence-electron chi connectivity index (χ2n) is 4.64. The zero-order valence-electron chi connectivity index (χ0n) is 10.2. The van der Waals surface area contributed by atoms with Gasteiger partial charge in [0.1, 0.15) is 5.75 Å². The van der Waals surface area contributed by atoms with E-state index in [0.717, 1.165) is 0 Å². The minimum absolute atomic E-state index is 0.123.